The first-order chi connectivity index (χ1) is 12.9. The van der Waals surface area contributed by atoms with Crippen LogP contribution in [0.5, 0.6) is 0 Å². The molecule has 4 rings (SSSR count). The van der Waals surface area contributed by atoms with Crippen LogP contribution in [0.2, 0.25) is 5.02 Å². The van der Waals surface area contributed by atoms with Crippen LogP contribution < -0.4 is 5.32 Å². The van der Waals surface area contributed by atoms with E-state index in [0.29, 0.717) is 16.5 Å². The standard InChI is InChI=1S/C19H11ClF3N3S/c20-13-6-4-11(5-7-13)15-9-27-18-16(15)17(24-10-25-18)26-14-3-1-2-12(8-14)19(21,22)23/h1-10H,(H,24,25,26). The van der Waals surface area contributed by atoms with Gasteiger partial charge in [0, 0.05) is 21.7 Å². The highest BCUT2D eigenvalue weighted by atomic mass is 35.5. The molecule has 0 saturated carbocycles. The highest BCUT2D eigenvalue weighted by Gasteiger charge is 2.30. The third-order valence-corrected chi connectivity index (χ3v) is 5.12. The van der Waals surface area contributed by atoms with E-state index in [9.17, 15) is 13.2 Å². The van der Waals surface area contributed by atoms with E-state index in [0.717, 1.165) is 33.5 Å². The predicted octanol–water partition coefficient (Wildman–Crippen LogP) is 6.77. The van der Waals surface area contributed by atoms with Gasteiger partial charge in [-0.1, -0.05) is 29.8 Å². The molecule has 2 heterocycles. The molecule has 0 radical (unpaired) electrons. The Kier molecular flexibility index (Phi) is 4.49. The fourth-order valence-corrected chi connectivity index (χ4v) is 3.76. The molecule has 0 atom stereocenters. The van der Waals surface area contributed by atoms with E-state index in [4.69, 9.17) is 11.6 Å². The fraction of sp³-hybridized carbons (Fsp3) is 0.0526. The van der Waals surface area contributed by atoms with Gasteiger partial charge in [-0.15, -0.1) is 11.3 Å². The van der Waals surface area contributed by atoms with Crippen LogP contribution in [0, 0.1) is 0 Å². The molecule has 0 saturated heterocycles. The predicted molar refractivity (Wildman–Crippen MR) is 103 cm³/mol. The van der Waals surface area contributed by atoms with E-state index >= 15 is 0 Å². The lowest BCUT2D eigenvalue weighted by atomic mass is 10.1. The Balaban J connectivity index is 1.79. The average Bonchev–Trinajstić information content (AvgIpc) is 3.07. The minimum absolute atomic E-state index is 0.304. The summed E-state index contributed by atoms with van der Waals surface area (Å²) in [6, 6.07) is 12.3. The van der Waals surface area contributed by atoms with Crippen LogP contribution >= 0.6 is 22.9 Å². The molecule has 136 valence electrons. The Morgan fingerprint density at radius 1 is 1.00 bits per heavy atom. The largest absolute Gasteiger partial charge is 0.416 e. The van der Waals surface area contributed by atoms with E-state index in [1.165, 1.54) is 23.7 Å². The quantitative estimate of drug-likeness (QED) is 0.408. The second-order valence-corrected chi connectivity index (χ2v) is 7.06. The van der Waals surface area contributed by atoms with Gasteiger partial charge in [-0.25, -0.2) is 9.97 Å². The Bertz CT molecular complexity index is 1110. The van der Waals surface area contributed by atoms with Crippen molar-refractivity contribution in [2.75, 3.05) is 5.32 Å². The van der Waals surface area contributed by atoms with Crippen molar-refractivity contribution in [2.24, 2.45) is 0 Å². The maximum Gasteiger partial charge on any atom is 0.416 e. The summed E-state index contributed by atoms with van der Waals surface area (Å²) in [5.74, 6) is 0.450. The Hall–Kier alpha value is -2.64. The van der Waals surface area contributed by atoms with E-state index < -0.39 is 11.7 Å². The number of aromatic nitrogens is 2. The number of halogens is 4. The summed E-state index contributed by atoms with van der Waals surface area (Å²) in [5.41, 5.74) is 1.40. The van der Waals surface area contributed by atoms with Gasteiger partial charge in [0.15, 0.2) is 0 Å². The molecule has 3 nitrogen and oxygen atoms in total. The molecule has 2 aromatic carbocycles. The third kappa shape index (κ3) is 3.61. The molecule has 4 aromatic rings. The molecule has 0 aliphatic carbocycles. The van der Waals surface area contributed by atoms with Crippen LogP contribution in [-0.2, 0) is 6.18 Å². The van der Waals surface area contributed by atoms with Crippen LogP contribution in [-0.4, -0.2) is 9.97 Å². The van der Waals surface area contributed by atoms with Crippen molar-refractivity contribution in [1.82, 2.24) is 9.97 Å². The number of fused-ring (bicyclic) bond motifs is 1. The molecule has 1 N–H and O–H groups in total. The Morgan fingerprint density at radius 3 is 2.52 bits per heavy atom. The van der Waals surface area contributed by atoms with Gasteiger partial charge in [0.1, 0.15) is 17.0 Å². The third-order valence-electron chi connectivity index (χ3n) is 3.98. The van der Waals surface area contributed by atoms with Crippen LogP contribution in [0.15, 0.2) is 60.2 Å². The average molecular weight is 406 g/mol. The van der Waals surface area contributed by atoms with Gasteiger partial charge in [-0.05, 0) is 35.9 Å². The van der Waals surface area contributed by atoms with Crippen molar-refractivity contribution in [1.29, 1.82) is 0 Å². The summed E-state index contributed by atoms with van der Waals surface area (Å²) in [7, 11) is 0. The van der Waals surface area contributed by atoms with Gasteiger partial charge in [-0.2, -0.15) is 13.2 Å². The van der Waals surface area contributed by atoms with Gasteiger partial charge in [0.25, 0.3) is 0 Å². The maximum atomic E-state index is 13.0. The van der Waals surface area contributed by atoms with E-state index in [1.54, 1.807) is 18.2 Å². The van der Waals surface area contributed by atoms with Gasteiger partial charge in [0.05, 0.1) is 10.9 Å². The maximum absolute atomic E-state index is 13.0. The molecule has 8 heteroatoms. The number of rotatable bonds is 3. The van der Waals surface area contributed by atoms with Crippen molar-refractivity contribution >= 4 is 44.7 Å². The number of benzene rings is 2. The number of anilines is 2. The molecule has 2 aromatic heterocycles. The zero-order valence-corrected chi connectivity index (χ0v) is 15.2. The van der Waals surface area contributed by atoms with Crippen LogP contribution in [0.1, 0.15) is 5.56 Å². The zero-order chi connectivity index (χ0) is 19.0. The van der Waals surface area contributed by atoms with Crippen molar-refractivity contribution < 1.29 is 13.2 Å². The molecule has 0 bridgehead atoms. The number of nitrogens with zero attached hydrogens (tertiary/aromatic N) is 2. The van der Waals surface area contributed by atoms with E-state index in [2.05, 4.69) is 15.3 Å². The smallest absolute Gasteiger partial charge is 0.340 e. The van der Waals surface area contributed by atoms with Crippen molar-refractivity contribution in [3.63, 3.8) is 0 Å². The summed E-state index contributed by atoms with van der Waals surface area (Å²) in [6.07, 6.45) is -3.02. The Labute approximate surface area is 161 Å². The minimum atomic E-state index is -4.41. The number of hydrogen-bond donors (Lipinski definition) is 1. The topological polar surface area (TPSA) is 37.8 Å². The first-order valence-corrected chi connectivity index (χ1v) is 9.10. The first-order valence-electron chi connectivity index (χ1n) is 7.84. The minimum Gasteiger partial charge on any atom is -0.340 e. The molecule has 27 heavy (non-hydrogen) atoms. The van der Waals surface area contributed by atoms with Crippen LogP contribution in [0.25, 0.3) is 21.3 Å². The highest BCUT2D eigenvalue weighted by Crippen LogP contribution is 2.38. The van der Waals surface area contributed by atoms with Gasteiger partial charge in [0.2, 0.25) is 0 Å². The van der Waals surface area contributed by atoms with E-state index in [-0.39, 0.29) is 0 Å². The van der Waals surface area contributed by atoms with E-state index in [1.807, 2.05) is 17.5 Å². The van der Waals surface area contributed by atoms with Gasteiger partial charge < -0.3 is 5.32 Å². The van der Waals surface area contributed by atoms with Crippen molar-refractivity contribution in [3.8, 4) is 11.1 Å². The lowest BCUT2D eigenvalue weighted by Crippen LogP contribution is -2.05. The molecular formula is C19H11ClF3N3S. The highest BCUT2D eigenvalue weighted by molar-refractivity contribution is 7.17. The number of alkyl halides is 3. The first kappa shape index (κ1) is 17.8. The summed E-state index contributed by atoms with van der Waals surface area (Å²) in [5, 5.41) is 6.32. The lowest BCUT2D eigenvalue weighted by molar-refractivity contribution is -0.137. The second kappa shape index (κ2) is 6.83. The summed E-state index contributed by atoms with van der Waals surface area (Å²) in [4.78, 5) is 9.25. The summed E-state index contributed by atoms with van der Waals surface area (Å²) in [6.45, 7) is 0. The summed E-state index contributed by atoms with van der Waals surface area (Å²) < 4.78 is 38.9. The lowest BCUT2D eigenvalue weighted by Gasteiger charge is -2.11. The number of hydrogen-bond acceptors (Lipinski definition) is 4. The van der Waals surface area contributed by atoms with Crippen molar-refractivity contribution in [2.45, 2.75) is 6.18 Å². The SMILES string of the molecule is FC(F)(F)c1cccc(Nc2ncnc3scc(-c4ccc(Cl)cc4)c23)c1. The Morgan fingerprint density at radius 2 is 1.78 bits per heavy atom. The molecule has 0 amide bonds. The molecule has 0 aliphatic heterocycles. The monoisotopic (exact) mass is 405 g/mol. The van der Waals surface area contributed by atoms with Crippen LogP contribution in [0.3, 0.4) is 0 Å². The molecule has 0 unspecified atom stereocenters. The number of thiophene rings is 1. The normalized spacial score (nSPS) is 11.7. The fourth-order valence-electron chi connectivity index (χ4n) is 2.72. The van der Waals surface area contributed by atoms with Crippen molar-refractivity contribution in [3.05, 3.63) is 70.8 Å². The second-order valence-electron chi connectivity index (χ2n) is 5.76. The number of nitrogens with one attached hydrogen (secondary N) is 1. The summed E-state index contributed by atoms with van der Waals surface area (Å²) >= 11 is 7.40. The molecular weight excluding hydrogens is 395 g/mol. The molecule has 0 aliphatic rings. The molecule has 0 fully saturated rings. The molecule has 0 spiro atoms. The van der Waals surface area contributed by atoms with Gasteiger partial charge in [-0.3, -0.25) is 0 Å². The zero-order valence-electron chi connectivity index (χ0n) is 13.6. The van der Waals surface area contributed by atoms with Crippen LogP contribution in [0.4, 0.5) is 24.7 Å². The van der Waals surface area contributed by atoms with Gasteiger partial charge >= 0.3 is 6.18 Å².